The molecule has 1 aliphatic heterocycles. The molecule has 0 saturated carbocycles. The summed E-state index contributed by atoms with van der Waals surface area (Å²) in [6.45, 7) is 11.2. The molecule has 1 aromatic rings. The second-order valence-corrected chi connectivity index (χ2v) is 5.50. The molecule has 1 heterocycles. The molecule has 0 aliphatic carbocycles. The Morgan fingerprint density at radius 3 is 2.71 bits per heavy atom. The molecular formula is C15H24N2. The van der Waals surface area contributed by atoms with Crippen molar-refractivity contribution in [3.63, 3.8) is 0 Å². The van der Waals surface area contributed by atoms with E-state index in [9.17, 15) is 0 Å². The molecule has 1 saturated heterocycles. The van der Waals surface area contributed by atoms with Crippen molar-refractivity contribution in [2.24, 2.45) is 5.92 Å². The number of rotatable bonds is 5. The lowest BCUT2D eigenvalue weighted by atomic mass is 9.97. The predicted octanol–water partition coefficient (Wildman–Crippen LogP) is 2.43. The molecule has 2 nitrogen and oxygen atoms in total. The Kier molecular flexibility index (Phi) is 4.19. The molecule has 0 atom stereocenters. The van der Waals surface area contributed by atoms with E-state index in [1.807, 2.05) is 0 Å². The summed E-state index contributed by atoms with van der Waals surface area (Å²) >= 11 is 0. The van der Waals surface area contributed by atoms with Crippen LogP contribution >= 0.6 is 0 Å². The van der Waals surface area contributed by atoms with Crippen molar-refractivity contribution in [3.05, 3.63) is 34.9 Å². The highest BCUT2D eigenvalue weighted by Crippen LogP contribution is 2.18. The van der Waals surface area contributed by atoms with Crippen molar-refractivity contribution >= 4 is 0 Å². The minimum atomic E-state index is 0.616. The first-order valence-corrected chi connectivity index (χ1v) is 6.67. The highest BCUT2D eigenvalue weighted by molar-refractivity contribution is 5.32. The third kappa shape index (κ3) is 3.30. The molecule has 0 amide bonds. The number of nitrogens with one attached hydrogen (secondary N) is 2. The summed E-state index contributed by atoms with van der Waals surface area (Å²) in [5, 5.41) is 6.88. The maximum absolute atomic E-state index is 3.57. The van der Waals surface area contributed by atoms with Crippen molar-refractivity contribution in [1.29, 1.82) is 0 Å². The molecule has 2 heteroatoms. The highest BCUT2D eigenvalue weighted by Gasteiger charge is 2.15. The van der Waals surface area contributed by atoms with Crippen LogP contribution in [0.2, 0.25) is 0 Å². The SMILES string of the molecule is Cc1ccc(C(C)C)cc1CNCC1CNC1. The standard InChI is InChI=1S/C15H24N2/c1-11(2)14-5-4-12(3)15(6-14)10-17-9-13-7-16-8-13/h4-6,11,13,16-17H,7-10H2,1-3H3. The molecule has 0 radical (unpaired) electrons. The molecule has 0 aromatic heterocycles. The first-order valence-electron chi connectivity index (χ1n) is 6.67. The van der Waals surface area contributed by atoms with Crippen LogP contribution in [-0.2, 0) is 6.54 Å². The van der Waals surface area contributed by atoms with E-state index in [0.717, 1.165) is 19.0 Å². The third-order valence-electron chi connectivity index (χ3n) is 3.65. The van der Waals surface area contributed by atoms with Gasteiger partial charge in [-0.3, -0.25) is 0 Å². The van der Waals surface area contributed by atoms with Gasteiger partial charge in [-0.2, -0.15) is 0 Å². The minimum absolute atomic E-state index is 0.616. The zero-order valence-electron chi connectivity index (χ0n) is 11.2. The van der Waals surface area contributed by atoms with E-state index in [1.165, 1.54) is 29.8 Å². The molecule has 2 N–H and O–H groups in total. The van der Waals surface area contributed by atoms with Crippen LogP contribution in [0.5, 0.6) is 0 Å². The number of aryl methyl sites for hydroxylation is 1. The van der Waals surface area contributed by atoms with Gasteiger partial charge in [-0.15, -0.1) is 0 Å². The Hall–Kier alpha value is -0.860. The van der Waals surface area contributed by atoms with Gasteiger partial charge >= 0.3 is 0 Å². The molecule has 0 spiro atoms. The maximum atomic E-state index is 3.57. The van der Waals surface area contributed by atoms with Crippen molar-refractivity contribution in [2.45, 2.75) is 33.2 Å². The molecule has 17 heavy (non-hydrogen) atoms. The molecule has 94 valence electrons. The molecule has 0 bridgehead atoms. The molecule has 1 aromatic carbocycles. The molecular weight excluding hydrogens is 208 g/mol. The topological polar surface area (TPSA) is 24.1 Å². The summed E-state index contributed by atoms with van der Waals surface area (Å²) in [7, 11) is 0. The maximum Gasteiger partial charge on any atom is 0.0208 e. The smallest absolute Gasteiger partial charge is 0.0208 e. The van der Waals surface area contributed by atoms with Crippen LogP contribution in [0.1, 0.15) is 36.5 Å². The fourth-order valence-electron chi connectivity index (χ4n) is 2.14. The van der Waals surface area contributed by atoms with Gasteiger partial charge in [0.15, 0.2) is 0 Å². The zero-order valence-corrected chi connectivity index (χ0v) is 11.2. The van der Waals surface area contributed by atoms with Crippen molar-refractivity contribution in [1.82, 2.24) is 10.6 Å². The first-order chi connectivity index (χ1) is 8.16. The quantitative estimate of drug-likeness (QED) is 0.815. The van der Waals surface area contributed by atoms with E-state index < -0.39 is 0 Å². The monoisotopic (exact) mass is 232 g/mol. The van der Waals surface area contributed by atoms with E-state index >= 15 is 0 Å². The van der Waals surface area contributed by atoms with Crippen molar-refractivity contribution < 1.29 is 0 Å². The van der Waals surface area contributed by atoms with Crippen molar-refractivity contribution in [2.75, 3.05) is 19.6 Å². The van der Waals surface area contributed by atoms with Gasteiger partial charge in [0.1, 0.15) is 0 Å². The van der Waals surface area contributed by atoms with Gasteiger partial charge in [0.05, 0.1) is 0 Å². The Balaban J connectivity index is 1.91. The molecule has 0 unspecified atom stereocenters. The van der Waals surface area contributed by atoms with Crippen LogP contribution in [0.15, 0.2) is 18.2 Å². The summed E-state index contributed by atoms with van der Waals surface area (Å²) in [5.74, 6) is 1.45. The largest absolute Gasteiger partial charge is 0.316 e. The van der Waals surface area contributed by atoms with E-state index in [0.29, 0.717) is 5.92 Å². The molecule has 2 rings (SSSR count). The van der Waals surface area contributed by atoms with E-state index in [2.05, 4.69) is 49.6 Å². The number of hydrogen-bond donors (Lipinski definition) is 2. The van der Waals surface area contributed by atoms with Gasteiger partial charge < -0.3 is 10.6 Å². The average molecular weight is 232 g/mol. The normalized spacial score (nSPS) is 16.2. The fraction of sp³-hybridized carbons (Fsp3) is 0.600. The van der Waals surface area contributed by atoms with Crippen LogP contribution < -0.4 is 10.6 Å². The fourth-order valence-corrected chi connectivity index (χ4v) is 2.14. The Labute approximate surface area is 105 Å². The molecule has 1 fully saturated rings. The lowest BCUT2D eigenvalue weighted by Crippen LogP contribution is -2.47. The van der Waals surface area contributed by atoms with Gasteiger partial charge in [-0.1, -0.05) is 32.0 Å². The van der Waals surface area contributed by atoms with Crippen LogP contribution in [0.3, 0.4) is 0 Å². The first kappa shape index (κ1) is 12.6. The highest BCUT2D eigenvalue weighted by atomic mass is 15.0. The van der Waals surface area contributed by atoms with Gasteiger partial charge in [-0.05, 0) is 35.4 Å². The summed E-state index contributed by atoms with van der Waals surface area (Å²) in [6, 6.07) is 6.85. The van der Waals surface area contributed by atoms with Crippen LogP contribution in [0, 0.1) is 12.8 Å². The third-order valence-corrected chi connectivity index (χ3v) is 3.65. The summed E-state index contributed by atoms with van der Waals surface area (Å²) < 4.78 is 0. The predicted molar refractivity (Wildman–Crippen MR) is 73.3 cm³/mol. The summed E-state index contributed by atoms with van der Waals surface area (Å²) in [4.78, 5) is 0. The second kappa shape index (κ2) is 5.65. The average Bonchev–Trinajstić information content (AvgIpc) is 2.23. The van der Waals surface area contributed by atoms with E-state index in [4.69, 9.17) is 0 Å². The van der Waals surface area contributed by atoms with Gasteiger partial charge in [0.2, 0.25) is 0 Å². The lowest BCUT2D eigenvalue weighted by Gasteiger charge is -2.27. The van der Waals surface area contributed by atoms with E-state index in [-0.39, 0.29) is 0 Å². The van der Waals surface area contributed by atoms with Crippen LogP contribution in [0.25, 0.3) is 0 Å². The summed E-state index contributed by atoms with van der Waals surface area (Å²) in [5.41, 5.74) is 4.29. The Bertz CT molecular complexity index is 367. The minimum Gasteiger partial charge on any atom is -0.316 e. The van der Waals surface area contributed by atoms with Gasteiger partial charge in [-0.25, -0.2) is 0 Å². The Morgan fingerprint density at radius 2 is 2.12 bits per heavy atom. The summed E-state index contributed by atoms with van der Waals surface area (Å²) in [6.07, 6.45) is 0. The van der Waals surface area contributed by atoms with Gasteiger partial charge in [0, 0.05) is 26.2 Å². The zero-order chi connectivity index (χ0) is 12.3. The molecule has 1 aliphatic rings. The van der Waals surface area contributed by atoms with Crippen LogP contribution in [-0.4, -0.2) is 19.6 Å². The number of hydrogen-bond acceptors (Lipinski definition) is 2. The van der Waals surface area contributed by atoms with Gasteiger partial charge in [0.25, 0.3) is 0 Å². The van der Waals surface area contributed by atoms with Crippen LogP contribution in [0.4, 0.5) is 0 Å². The van der Waals surface area contributed by atoms with Crippen molar-refractivity contribution in [3.8, 4) is 0 Å². The lowest BCUT2D eigenvalue weighted by molar-refractivity contribution is 0.331. The van der Waals surface area contributed by atoms with E-state index in [1.54, 1.807) is 0 Å². The second-order valence-electron chi connectivity index (χ2n) is 5.50. The number of benzene rings is 1. The Morgan fingerprint density at radius 1 is 1.35 bits per heavy atom.